The molecule has 5 atom stereocenters. The molecule has 1 N–H and O–H groups in total. The number of anilines is 1. The van der Waals surface area contributed by atoms with Gasteiger partial charge < -0.3 is 19.1 Å². The molecule has 2 aromatic rings. The number of amides is 2. The number of hydrogen-bond acceptors (Lipinski definition) is 7. The zero-order valence-electron chi connectivity index (χ0n) is 29.3. The minimum Gasteiger partial charge on any atom is -0.490 e. The second-order valence-electron chi connectivity index (χ2n) is 14.3. The first kappa shape index (κ1) is 37.1. The topological polar surface area (TPSA) is 107 Å². The molecule has 0 saturated heterocycles. The Morgan fingerprint density at radius 1 is 1.22 bits per heavy atom. The number of nitrogens with zero attached hydrogens (tertiary/aromatic N) is 2. The highest BCUT2D eigenvalue weighted by atomic mass is 35.5. The van der Waals surface area contributed by atoms with Crippen LogP contribution in [-0.4, -0.2) is 61.1 Å². The average Bonchev–Trinajstić information content (AvgIpc) is 3.21. The van der Waals surface area contributed by atoms with Crippen molar-refractivity contribution in [2.24, 2.45) is 22.1 Å². The van der Waals surface area contributed by atoms with Crippen LogP contribution in [0.25, 0.3) is 0 Å². The van der Waals surface area contributed by atoms with Crippen LogP contribution in [0.3, 0.4) is 0 Å². The van der Waals surface area contributed by atoms with E-state index in [9.17, 15) is 13.8 Å². The fraction of sp³-hybridized carbons (Fsp3) is 0.526. The highest BCUT2D eigenvalue weighted by Crippen LogP contribution is 2.47. The maximum Gasteiger partial charge on any atom is 0.287 e. The standard InChI is InChI=1S/C38H50ClN3O6S/c1-8-19-48-37(5,6)36(44)41-49(45,40-35(43)25(3)4)29-14-17-34-32(21-29)42(22-27-12-15-30(27)33(9-2)46-7)23-38(24-47-34)18-10-11-26-20-28(39)13-16-31(26)38/h8-9,13-14,16-17,20-21,25,27,30,33H,1-2,10-12,15,18-19,22-24H2,3-7H3,(H,40,41,43,44,45)/t27-,30+,33?,38-,49?/m0/s1. The second-order valence-corrected chi connectivity index (χ2v) is 16.7. The third kappa shape index (κ3) is 7.77. The number of ether oxygens (including phenoxy) is 3. The van der Waals surface area contributed by atoms with Gasteiger partial charge in [0.05, 0.1) is 29.9 Å². The summed E-state index contributed by atoms with van der Waals surface area (Å²) >= 11 is 6.45. The Balaban J connectivity index is 1.62. The van der Waals surface area contributed by atoms with Crippen LogP contribution in [0.2, 0.25) is 5.02 Å². The Labute approximate surface area is 296 Å². The van der Waals surface area contributed by atoms with Crippen molar-refractivity contribution in [3.8, 4) is 5.75 Å². The van der Waals surface area contributed by atoms with Gasteiger partial charge in [0.1, 0.15) is 11.4 Å². The van der Waals surface area contributed by atoms with Gasteiger partial charge in [0.15, 0.2) is 9.92 Å². The number of hydrogen-bond donors (Lipinski definition) is 1. The minimum atomic E-state index is -3.79. The summed E-state index contributed by atoms with van der Waals surface area (Å²) in [5.41, 5.74) is 1.51. The minimum absolute atomic E-state index is 0.0549. The van der Waals surface area contributed by atoms with Crippen molar-refractivity contribution in [3.63, 3.8) is 0 Å². The largest absolute Gasteiger partial charge is 0.490 e. The van der Waals surface area contributed by atoms with E-state index in [1.807, 2.05) is 12.1 Å². The number of fused-ring (bicyclic) bond motifs is 3. The quantitative estimate of drug-likeness (QED) is 0.235. The Morgan fingerprint density at radius 2 is 2.00 bits per heavy atom. The molecule has 0 bridgehead atoms. The second kappa shape index (κ2) is 15.0. The van der Waals surface area contributed by atoms with E-state index in [1.54, 1.807) is 53.0 Å². The fourth-order valence-electron chi connectivity index (χ4n) is 7.19. The molecule has 1 saturated carbocycles. The maximum absolute atomic E-state index is 14.8. The van der Waals surface area contributed by atoms with Crippen LogP contribution in [0, 0.1) is 17.8 Å². The van der Waals surface area contributed by atoms with E-state index in [4.69, 9.17) is 25.8 Å². The summed E-state index contributed by atoms with van der Waals surface area (Å²) in [6.07, 6.45) is 8.31. The number of nitrogens with one attached hydrogen (secondary N) is 1. The van der Waals surface area contributed by atoms with Gasteiger partial charge in [-0.3, -0.25) is 14.3 Å². The summed E-state index contributed by atoms with van der Waals surface area (Å²) in [5, 5.41) is 0.719. The third-order valence-corrected chi connectivity index (χ3v) is 12.3. The number of carbonyl (C=O) groups excluding carboxylic acids is 2. The van der Waals surface area contributed by atoms with Crippen molar-refractivity contribution in [1.29, 1.82) is 0 Å². The Morgan fingerprint density at radius 3 is 2.65 bits per heavy atom. The molecule has 2 amide bonds. The van der Waals surface area contributed by atoms with E-state index in [-0.39, 0.29) is 23.0 Å². The summed E-state index contributed by atoms with van der Waals surface area (Å²) in [7, 11) is -2.07. The maximum atomic E-state index is 14.8. The highest BCUT2D eigenvalue weighted by molar-refractivity contribution is 7.92. The van der Waals surface area contributed by atoms with Crippen molar-refractivity contribution in [2.45, 2.75) is 81.8 Å². The average molecular weight is 712 g/mol. The normalized spacial score (nSPS) is 23.5. The smallest absolute Gasteiger partial charge is 0.287 e. The first-order chi connectivity index (χ1) is 23.3. The summed E-state index contributed by atoms with van der Waals surface area (Å²) in [6.45, 7) is 16.1. The molecule has 11 heteroatoms. The molecule has 1 heterocycles. The van der Waals surface area contributed by atoms with Gasteiger partial charge in [0.2, 0.25) is 5.91 Å². The first-order valence-corrected chi connectivity index (χ1v) is 19.0. The summed E-state index contributed by atoms with van der Waals surface area (Å²) < 4.78 is 39.7. The zero-order chi connectivity index (χ0) is 35.6. The Bertz CT molecular complexity index is 1720. The molecule has 0 aromatic heterocycles. The SMILES string of the molecule is C=CCOC(C)(C)C(=O)N=S(=O)(NC(=O)C(C)C)c1ccc2c(c1)N(C[C@@H]1CC[C@H]1C(C=C)OC)C[C@@]1(CCCc3cc(Cl)ccc31)CO2. The number of aryl methyl sites for hydroxylation is 1. The van der Waals surface area contributed by atoms with Crippen molar-refractivity contribution >= 4 is 39.0 Å². The lowest BCUT2D eigenvalue weighted by molar-refractivity contribution is -0.137. The van der Waals surface area contributed by atoms with Crippen LogP contribution in [-0.2, 0) is 40.8 Å². The van der Waals surface area contributed by atoms with Crippen LogP contribution >= 0.6 is 11.6 Å². The molecular formula is C38H50ClN3O6S. The predicted molar refractivity (Wildman–Crippen MR) is 194 cm³/mol. The van der Waals surface area contributed by atoms with E-state index in [1.165, 1.54) is 17.2 Å². The third-order valence-electron chi connectivity index (χ3n) is 10.2. The number of halogens is 1. The lowest BCUT2D eigenvalue weighted by Crippen LogP contribution is -2.49. The van der Waals surface area contributed by atoms with Crippen LogP contribution in [0.15, 0.2) is 71.0 Å². The first-order valence-electron chi connectivity index (χ1n) is 17.1. The molecule has 2 unspecified atom stereocenters. The van der Waals surface area contributed by atoms with Gasteiger partial charge in [0, 0.05) is 36.6 Å². The molecule has 1 spiro atoms. The van der Waals surface area contributed by atoms with Crippen LogP contribution in [0.5, 0.6) is 5.75 Å². The van der Waals surface area contributed by atoms with Gasteiger partial charge >= 0.3 is 0 Å². The van der Waals surface area contributed by atoms with Gasteiger partial charge in [-0.1, -0.05) is 43.7 Å². The summed E-state index contributed by atoms with van der Waals surface area (Å²) in [4.78, 5) is 29.1. The van der Waals surface area contributed by atoms with E-state index >= 15 is 0 Å². The van der Waals surface area contributed by atoms with Crippen molar-refractivity contribution in [1.82, 2.24) is 4.72 Å². The van der Waals surface area contributed by atoms with Gasteiger partial charge in [-0.25, -0.2) is 4.21 Å². The molecule has 266 valence electrons. The van der Waals surface area contributed by atoms with Crippen molar-refractivity contribution < 1.29 is 28.0 Å². The fourth-order valence-corrected chi connectivity index (χ4v) is 9.14. The highest BCUT2D eigenvalue weighted by Gasteiger charge is 2.44. The predicted octanol–water partition coefficient (Wildman–Crippen LogP) is 7.06. The van der Waals surface area contributed by atoms with Crippen LogP contribution in [0.4, 0.5) is 5.69 Å². The molecule has 3 aliphatic rings. The zero-order valence-corrected chi connectivity index (χ0v) is 30.9. The number of benzene rings is 2. The van der Waals surface area contributed by atoms with Gasteiger partial charge in [0.25, 0.3) is 5.91 Å². The molecule has 1 aliphatic heterocycles. The van der Waals surface area contributed by atoms with E-state index in [0.717, 1.165) is 42.8 Å². The number of rotatable bonds is 12. The van der Waals surface area contributed by atoms with E-state index in [2.05, 4.69) is 39.3 Å². The Kier molecular flexibility index (Phi) is 11.3. The number of methoxy groups -OCH3 is 1. The van der Waals surface area contributed by atoms with Gasteiger partial charge in [-0.15, -0.1) is 17.5 Å². The molecule has 5 rings (SSSR count). The lowest BCUT2D eigenvalue weighted by atomic mass is 9.68. The van der Waals surface area contributed by atoms with E-state index < -0.39 is 33.2 Å². The summed E-state index contributed by atoms with van der Waals surface area (Å²) in [5.74, 6) is -0.463. The molecule has 9 nitrogen and oxygen atoms in total. The monoisotopic (exact) mass is 711 g/mol. The lowest BCUT2D eigenvalue weighted by Gasteiger charge is -2.46. The molecule has 2 aromatic carbocycles. The van der Waals surface area contributed by atoms with Crippen molar-refractivity contribution in [3.05, 3.63) is 77.9 Å². The van der Waals surface area contributed by atoms with Crippen LogP contribution < -0.4 is 14.4 Å². The van der Waals surface area contributed by atoms with Crippen LogP contribution in [0.1, 0.15) is 64.5 Å². The Hall–Kier alpha value is -3.18. The van der Waals surface area contributed by atoms with Crippen molar-refractivity contribution in [2.75, 3.05) is 38.3 Å². The molecule has 1 fully saturated rings. The van der Waals surface area contributed by atoms with Gasteiger partial charge in [-0.05, 0) is 99.2 Å². The van der Waals surface area contributed by atoms with E-state index in [0.29, 0.717) is 37.3 Å². The molecule has 2 aliphatic carbocycles. The summed E-state index contributed by atoms with van der Waals surface area (Å²) in [6, 6.07) is 11.3. The van der Waals surface area contributed by atoms with Gasteiger partial charge in [-0.2, -0.15) is 0 Å². The number of carbonyl (C=O) groups is 2. The molecule has 0 radical (unpaired) electrons. The molecular weight excluding hydrogens is 662 g/mol. The molecule has 49 heavy (non-hydrogen) atoms.